The first-order valence-corrected chi connectivity index (χ1v) is 8.68. The number of rotatable bonds is 4. The summed E-state index contributed by atoms with van der Waals surface area (Å²) >= 11 is 0. The average molecular weight is 367 g/mol. The van der Waals surface area contributed by atoms with Gasteiger partial charge in [-0.25, -0.2) is 9.18 Å². The van der Waals surface area contributed by atoms with E-state index in [9.17, 15) is 18.8 Å². The Morgan fingerprint density at radius 2 is 1.93 bits per heavy atom. The fourth-order valence-corrected chi connectivity index (χ4v) is 3.49. The highest BCUT2D eigenvalue weighted by Crippen LogP contribution is 2.47. The van der Waals surface area contributed by atoms with Gasteiger partial charge >= 0.3 is 6.03 Å². The predicted octanol–water partition coefficient (Wildman–Crippen LogP) is 2.43. The highest BCUT2D eigenvalue weighted by Gasteiger charge is 2.52. The quantitative estimate of drug-likeness (QED) is 0.815. The molecule has 6 nitrogen and oxygen atoms in total. The van der Waals surface area contributed by atoms with E-state index in [0.717, 1.165) is 10.6 Å². The molecule has 2 N–H and O–H groups in total. The largest absolute Gasteiger partial charge is 0.344 e. The standard InChI is InChI=1S/C20H18FN3O3/c1-20(13-7-3-2-4-8-13)18(26)24(19(27)22-20)23-17(25)16-11-15(16)12-6-5-9-14(21)10-12/h2-10,15-16H,11H2,1H3,(H,22,27)(H,23,25)/t15-,16-,20+/m0/s1. The molecule has 1 saturated carbocycles. The normalized spacial score (nSPS) is 26.7. The molecule has 2 aromatic carbocycles. The Balaban J connectivity index is 1.46. The average Bonchev–Trinajstić information content (AvgIpc) is 3.43. The van der Waals surface area contributed by atoms with Gasteiger partial charge < -0.3 is 5.32 Å². The van der Waals surface area contributed by atoms with Gasteiger partial charge in [0.2, 0.25) is 5.91 Å². The van der Waals surface area contributed by atoms with Crippen LogP contribution in [0.25, 0.3) is 0 Å². The van der Waals surface area contributed by atoms with Crippen molar-refractivity contribution in [2.45, 2.75) is 24.8 Å². The van der Waals surface area contributed by atoms with Crippen molar-refractivity contribution >= 4 is 17.8 Å². The topological polar surface area (TPSA) is 78.5 Å². The minimum Gasteiger partial charge on any atom is -0.318 e. The lowest BCUT2D eigenvalue weighted by Gasteiger charge is -2.22. The van der Waals surface area contributed by atoms with Crippen LogP contribution >= 0.6 is 0 Å². The highest BCUT2D eigenvalue weighted by molar-refractivity contribution is 6.08. The number of hydrogen-bond donors (Lipinski definition) is 2. The van der Waals surface area contributed by atoms with E-state index >= 15 is 0 Å². The summed E-state index contributed by atoms with van der Waals surface area (Å²) in [6.07, 6.45) is 0.550. The minimum atomic E-state index is -1.24. The number of hydrogen-bond acceptors (Lipinski definition) is 3. The van der Waals surface area contributed by atoms with E-state index in [2.05, 4.69) is 10.7 Å². The zero-order valence-corrected chi connectivity index (χ0v) is 14.6. The molecule has 138 valence electrons. The Labute approximate surface area is 155 Å². The van der Waals surface area contributed by atoms with E-state index in [1.807, 2.05) is 6.07 Å². The van der Waals surface area contributed by atoms with E-state index in [0.29, 0.717) is 12.0 Å². The zero-order chi connectivity index (χ0) is 19.2. The molecule has 0 aromatic heterocycles. The van der Waals surface area contributed by atoms with Crippen LogP contribution in [0.15, 0.2) is 54.6 Å². The van der Waals surface area contributed by atoms with Crippen molar-refractivity contribution < 1.29 is 18.8 Å². The molecule has 0 spiro atoms. The zero-order valence-electron chi connectivity index (χ0n) is 14.6. The Morgan fingerprint density at radius 1 is 1.19 bits per heavy atom. The molecule has 1 aliphatic carbocycles. The molecule has 1 aliphatic heterocycles. The summed E-state index contributed by atoms with van der Waals surface area (Å²) in [7, 11) is 0. The van der Waals surface area contributed by atoms with Gasteiger partial charge in [-0.05, 0) is 42.5 Å². The smallest absolute Gasteiger partial charge is 0.318 e. The molecule has 2 aliphatic rings. The molecule has 0 radical (unpaired) electrons. The van der Waals surface area contributed by atoms with Crippen molar-refractivity contribution in [1.82, 2.24) is 15.8 Å². The lowest BCUT2D eigenvalue weighted by Crippen LogP contribution is -2.48. The third kappa shape index (κ3) is 2.95. The molecule has 1 heterocycles. The van der Waals surface area contributed by atoms with Crippen LogP contribution in [0.1, 0.15) is 30.4 Å². The van der Waals surface area contributed by atoms with Crippen molar-refractivity contribution in [1.29, 1.82) is 0 Å². The Kier molecular flexibility index (Phi) is 3.95. The summed E-state index contributed by atoms with van der Waals surface area (Å²) < 4.78 is 13.4. The number of halogens is 1. The molecule has 2 aromatic rings. The molecule has 27 heavy (non-hydrogen) atoms. The monoisotopic (exact) mass is 367 g/mol. The fourth-order valence-electron chi connectivity index (χ4n) is 3.49. The molecule has 4 rings (SSSR count). The third-order valence-corrected chi connectivity index (χ3v) is 5.17. The number of nitrogens with zero attached hydrogens (tertiary/aromatic N) is 1. The van der Waals surface area contributed by atoms with Gasteiger partial charge in [-0.1, -0.05) is 42.5 Å². The van der Waals surface area contributed by atoms with E-state index in [-0.39, 0.29) is 11.7 Å². The number of hydrazine groups is 1. The predicted molar refractivity (Wildman–Crippen MR) is 94.6 cm³/mol. The molecular formula is C20H18FN3O3. The van der Waals surface area contributed by atoms with Gasteiger partial charge in [0, 0.05) is 5.92 Å². The molecule has 4 amide bonds. The van der Waals surface area contributed by atoms with Gasteiger partial charge in [-0.3, -0.25) is 15.0 Å². The summed E-state index contributed by atoms with van der Waals surface area (Å²) in [5.74, 6) is -1.83. The molecule has 1 saturated heterocycles. The van der Waals surface area contributed by atoms with Gasteiger partial charge in [0.25, 0.3) is 5.91 Å². The van der Waals surface area contributed by atoms with Crippen LogP contribution in [0.3, 0.4) is 0 Å². The number of amides is 4. The number of carbonyl (C=O) groups excluding carboxylic acids is 3. The van der Waals surface area contributed by atoms with Gasteiger partial charge in [0.1, 0.15) is 11.4 Å². The maximum absolute atomic E-state index is 13.4. The lowest BCUT2D eigenvalue weighted by atomic mass is 9.92. The van der Waals surface area contributed by atoms with Crippen molar-refractivity contribution in [3.05, 3.63) is 71.5 Å². The number of carbonyl (C=O) groups is 3. The van der Waals surface area contributed by atoms with E-state index in [1.165, 1.54) is 12.1 Å². The van der Waals surface area contributed by atoms with E-state index in [1.54, 1.807) is 43.3 Å². The number of nitrogens with one attached hydrogen (secondary N) is 2. The Bertz CT molecular complexity index is 933. The minimum absolute atomic E-state index is 0.109. The summed E-state index contributed by atoms with van der Waals surface area (Å²) in [6.45, 7) is 1.60. The van der Waals surface area contributed by atoms with Crippen molar-refractivity contribution in [2.24, 2.45) is 5.92 Å². The maximum atomic E-state index is 13.4. The van der Waals surface area contributed by atoms with Crippen molar-refractivity contribution in [3.63, 3.8) is 0 Å². The molecule has 0 unspecified atom stereocenters. The summed E-state index contributed by atoms with van der Waals surface area (Å²) in [6, 6.07) is 14.3. The van der Waals surface area contributed by atoms with Crippen LogP contribution in [0.4, 0.5) is 9.18 Å². The van der Waals surface area contributed by atoms with Crippen LogP contribution in [0.5, 0.6) is 0 Å². The van der Waals surface area contributed by atoms with Crippen LogP contribution < -0.4 is 10.7 Å². The van der Waals surface area contributed by atoms with Crippen LogP contribution in [-0.2, 0) is 15.1 Å². The molecule has 0 bridgehead atoms. The first-order valence-electron chi connectivity index (χ1n) is 8.68. The van der Waals surface area contributed by atoms with Gasteiger partial charge in [-0.2, -0.15) is 5.01 Å². The summed E-state index contributed by atoms with van der Waals surface area (Å²) in [5, 5.41) is 3.37. The first kappa shape index (κ1) is 17.2. The maximum Gasteiger partial charge on any atom is 0.344 e. The third-order valence-electron chi connectivity index (χ3n) is 5.17. The Hall–Kier alpha value is -3.22. The lowest BCUT2D eigenvalue weighted by molar-refractivity contribution is -0.139. The van der Waals surface area contributed by atoms with Crippen LogP contribution in [-0.4, -0.2) is 22.9 Å². The first-order chi connectivity index (χ1) is 12.9. The second-order valence-electron chi connectivity index (χ2n) is 7.04. The summed E-state index contributed by atoms with van der Waals surface area (Å²) in [5.41, 5.74) is 2.55. The fraction of sp³-hybridized carbons (Fsp3) is 0.250. The molecular weight excluding hydrogens is 349 g/mol. The van der Waals surface area contributed by atoms with Crippen LogP contribution in [0.2, 0.25) is 0 Å². The van der Waals surface area contributed by atoms with Gasteiger partial charge in [0.15, 0.2) is 0 Å². The SMILES string of the molecule is C[C@]1(c2ccccc2)NC(=O)N(NC(=O)[C@H]2C[C@H]2c2cccc(F)c2)C1=O. The van der Waals surface area contributed by atoms with Crippen molar-refractivity contribution in [2.75, 3.05) is 0 Å². The number of benzene rings is 2. The second kappa shape index (κ2) is 6.19. The summed E-state index contributed by atoms with van der Waals surface area (Å²) in [4.78, 5) is 37.6. The highest BCUT2D eigenvalue weighted by atomic mass is 19.1. The van der Waals surface area contributed by atoms with Crippen LogP contribution in [0, 0.1) is 11.7 Å². The van der Waals surface area contributed by atoms with Crippen molar-refractivity contribution in [3.8, 4) is 0 Å². The van der Waals surface area contributed by atoms with Gasteiger partial charge in [-0.15, -0.1) is 0 Å². The van der Waals surface area contributed by atoms with E-state index in [4.69, 9.17) is 0 Å². The molecule has 7 heteroatoms. The Morgan fingerprint density at radius 3 is 2.63 bits per heavy atom. The second-order valence-corrected chi connectivity index (χ2v) is 7.04. The molecule has 3 atom stereocenters. The van der Waals surface area contributed by atoms with Gasteiger partial charge in [0.05, 0.1) is 0 Å². The molecule has 2 fully saturated rings. The number of urea groups is 1. The van der Waals surface area contributed by atoms with E-state index < -0.39 is 29.3 Å². The number of imide groups is 1.